The Balaban J connectivity index is 1.83. The first kappa shape index (κ1) is 21.3. The topological polar surface area (TPSA) is 81.1 Å². The summed E-state index contributed by atoms with van der Waals surface area (Å²) in [6.07, 6.45) is 3.51. The maximum Gasteiger partial charge on any atom is 0.269 e. The highest BCUT2D eigenvalue weighted by Gasteiger charge is 2.23. The monoisotopic (exact) mass is 437 g/mol. The van der Waals surface area contributed by atoms with Crippen LogP contribution >= 0.6 is 0 Å². The quantitative estimate of drug-likeness (QED) is 0.668. The van der Waals surface area contributed by atoms with E-state index < -0.39 is 10.0 Å². The molecule has 0 saturated heterocycles. The molecule has 2 aromatic carbocycles. The maximum atomic E-state index is 13.3. The number of hydrogen-bond acceptors (Lipinski definition) is 4. The number of hydrogen-bond donors (Lipinski definition) is 1. The number of nitrogens with zero attached hydrogens (tertiary/aromatic N) is 2. The van der Waals surface area contributed by atoms with Crippen molar-refractivity contribution in [1.29, 1.82) is 0 Å². The SMILES string of the molecule is Cc1ccc(C)c(NS(=O)(=O)c2cc(-c3nn(C)c(=O)c4c3CCCC4)ccc2C)c1. The predicted octanol–water partition coefficient (Wildman–Crippen LogP) is 4.05. The fourth-order valence-electron chi connectivity index (χ4n) is 4.17. The molecule has 0 saturated carbocycles. The van der Waals surface area contributed by atoms with Crippen LogP contribution in [0.2, 0.25) is 0 Å². The van der Waals surface area contributed by atoms with Gasteiger partial charge in [0.2, 0.25) is 0 Å². The Morgan fingerprint density at radius 1 is 0.935 bits per heavy atom. The van der Waals surface area contributed by atoms with Crippen molar-refractivity contribution < 1.29 is 8.42 Å². The first-order valence-corrected chi connectivity index (χ1v) is 12.0. The van der Waals surface area contributed by atoms with Gasteiger partial charge >= 0.3 is 0 Å². The van der Waals surface area contributed by atoms with E-state index in [0.717, 1.165) is 47.9 Å². The van der Waals surface area contributed by atoms with Crippen LogP contribution in [0.3, 0.4) is 0 Å². The molecule has 1 aliphatic carbocycles. The van der Waals surface area contributed by atoms with Crippen molar-refractivity contribution >= 4 is 15.7 Å². The summed E-state index contributed by atoms with van der Waals surface area (Å²) in [5.74, 6) is 0. The zero-order valence-corrected chi connectivity index (χ0v) is 19.1. The fraction of sp³-hybridized carbons (Fsp3) is 0.333. The molecule has 6 nitrogen and oxygen atoms in total. The highest BCUT2D eigenvalue weighted by molar-refractivity contribution is 7.92. The third kappa shape index (κ3) is 4.02. The summed E-state index contributed by atoms with van der Waals surface area (Å²) in [6, 6.07) is 11.0. The van der Waals surface area contributed by atoms with Crippen molar-refractivity contribution in [1.82, 2.24) is 9.78 Å². The summed E-state index contributed by atoms with van der Waals surface area (Å²) in [7, 11) is -2.15. The van der Waals surface area contributed by atoms with Gasteiger partial charge in [-0.15, -0.1) is 0 Å². The standard InChI is InChI=1S/C24H27N3O3S/c1-15-9-10-16(2)21(13-15)26-31(29,30)22-14-18(12-11-17(22)3)23-19-7-5-6-8-20(19)24(28)27(4)25-23/h9-14,26H,5-8H2,1-4H3. The largest absolute Gasteiger partial charge is 0.279 e. The lowest BCUT2D eigenvalue weighted by Gasteiger charge is -2.20. The van der Waals surface area contributed by atoms with Gasteiger partial charge in [0.1, 0.15) is 0 Å². The molecule has 1 N–H and O–H groups in total. The van der Waals surface area contributed by atoms with E-state index in [4.69, 9.17) is 0 Å². The van der Waals surface area contributed by atoms with Gasteiger partial charge in [-0.25, -0.2) is 13.1 Å². The predicted molar refractivity (Wildman–Crippen MR) is 123 cm³/mol. The minimum absolute atomic E-state index is 0.0602. The third-order valence-electron chi connectivity index (χ3n) is 5.94. The molecule has 0 amide bonds. The van der Waals surface area contributed by atoms with Gasteiger partial charge in [0, 0.05) is 18.2 Å². The fourth-order valence-corrected chi connectivity index (χ4v) is 5.56. The van der Waals surface area contributed by atoms with E-state index in [-0.39, 0.29) is 10.5 Å². The van der Waals surface area contributed by atoms with Crippen molar-refractivity contribution in [3.05, 3.63) is 74.6 Å². The van der Waals surface area contributed by atoms with Crippen molar-refractivity contribution in [2.75, 3.05) is 4.72 Å². The minimum Gasteiger partial charge on any atom is -0.279 e. The summed E-state index contributed by atoms with van der Waals surface area (Å²) in [6.45, 7) is 5.59. The molecule has 0 unspecified atom stereocenters. The molecular weight excluding hydrogens is 410 g/mol. The molecule has 7 heteroatoms. The van der Waals surface area contributed by atoms with E-state index in [1.54, 1.807) is 26.1 Å². The lowest BCUT2D eigenvalue weighted by Crippen LogP contribution is -2.28. The van der Waals surface area contributed by atoms with Gasteiger partial charge in [0.05, 0.1) is 16.3 Å². The smallest absolute Gasteiger partial charge is 0.269 e. The average molecular weight is 438 g/mol. The number of aryl methyl sites for hydroxylation is 4. The molecule has 0 bridgehead atoms. The normalized spacial score (nSPS) is 13.7. The van der Waals surface area contributed by atoms with E-state index in [2.05, 4.69) is 9.82 Å². The zero-order chi connectivity index (χ0) is 22.3. The molecule has 0 aliphatic heterocycles. The summed E-state index contributed by atoms with van der Waals surface area (Å²) < 4.78 is 30.7. The third-order valence-corrected chi connectivity index (χ3v) is 7.45. The van der Waals surface area contributed by atoms with Crippen molar-refractivity contribution in [2.45, 2.75) is 51.3 Å². The number of benzene rings is 2. The van der Waals surface area contributed by atoms with Crippen molar-refractivity contribution in [3.63, 3.8) is 0 Å². The molecule has 1 aliphatic rings. The van der Waals surface area contributed by atoms with Crippen LogP contribution < -0.4 is 10.3 Å². The summed E-state index contributed by atoms with van der Waals surface area (Å²) in [5, 5.41) is 4.51. The van der Waals surface area contributed by atoms with Gasteiger partial charge in [-0.1, -0.05) is 24.3 Å². The van der Waals surface area contributed by atoms with E-state index in [9.17, 15) is 13.2 Å². The summed E-state index contributed by atoms with van der Waals surface area (Å²) in [5.41, 5.74) is 6.16. The highest BCUT2D eigenvalue weighted by Crippen LogP contribution is 2.31. The van der Waals surface area contributed by atoms with Gasteiger partial charge in [0.25, 0.3) is 15.6 Å². The van der Waals surface area contributed by atoms with Crippen LogP contribution in [0.15, 0.2) is 46.1 Å². The van der Waals surface area contributed by atoms with E-state index in [1.165, 1.54) is 4.68 Å². The van der Waals surface area contributed by atoms with Crippen LogP contribution in [0.1, 0.15) is 40.7 Å². The van der Waals surface area contributed by atoms with E-state index in [1.807, 2.05) is 38.1 Å². The first-order valence-electron chi connectivity index (χ1n) is 10.5. The van der Waals surface area contributed by atoms with E-state index in [0.29, 0.717) is 22.5 Å². The molecule has 0 radical (unpaired) electrons. The zero-order valence-electron chi connectivity index (χ0n) is 18.3. The number of anilines is 1. The average Bonchev–Trinajstić information content (AvgIpc) is 2.73. The van der Waals surface area contributed by atoms with Crippen molar-refractivity contribution in [3.8, 4) is 11.3 Å². The Morgan fingerprint density at radius 3 is 2.35 bits per heavy atom. The van der Waals surface area contributed by atoms with Crippen LogP contribution in [0, 0.1) is 20.8 Å². The molecule has 0 spiro atoms. The molecule has 0 fully saturated rings. The van der Waals surface area contributed by atoms with Crippen molar-refractivity contribution in [2.24, 2.45) is 7.05 Å². The Morgan fingerprint density at radius 2 is 1.61 bits per heavy atom. The second kappa shape index (κ2) is 7.96. The number of sulfonamides is 1. The maximum absolute atomic E-state index is 13.3. The number of nitrogens with one attached hydrogen (secondary N) is 1. The Bertz CT molecular complexity index is 1340. The van der Waals surface area contributed by atoms with Gasteiger partial charge < -0.3 is 0 Å². The van der Waals surface area contributed by atoms with Crippen LogP contribution in [0.25, 0.3) is 11.3 Å². The van der Waals surface area contributed by atoms with E-state index >= 15 is 0 Å². The second-order valence-electron chi connectivity index (χ2n) is 8.35. The van der Waals surface area contributed by atoms with Crippen LogP contribution in [0.5, 0.6) is 0 Å². The van der Waals surface area contributed by atoms with Gasteiger partial charge in [-0.2, -0.15) is 5.10 Å². The molecule has 162 valence electrons. The Kier molecular flexibility index (Phi) is 5.47. The lowest BCUT2D eigenvalue weighted by atomic mass is 9.89. The lowest BCUT2D eigenvalue weighted by molar-refractivity contribution is 0.600. The van der Waals surface area contributed by atoms with Crippen LogP contribution in [-0.2, 0) is 29.9 Å². The number of aromatic nitrogens is 2. The molecule has 3 aromatic rings. The van der Waals surface area contributed by atoms with Gasteiger partial charge in [-0.05, 0) is 80.8 Å². The molecular formula is C24H27N3O3S. The Hall–Kier alpha value is -2.93. The second-order valence-corrected chi connectivity index (χ2v) is 10.00. The molecule has 1 aromatic heterocycles. The summed E-state index contributed by atoms with van der Waals surface area (Å²) in [4.78, 5) is 12.7. The molecule has 4 rings (SSSR count). The molecule has 0 atom stereocenters. The first-order chi connectivity index (χ1) is 14.7. The van der Waals surface area contributed by atoms with Crippen LogP contribution in [-0.4, -0.2) is 18.2 Å². The highest BCUT2D eigenvalue weighted by atomic mass is 32.2. The molecule has 1 heterocycles. The Labute approximate surface area is 183 Å². The van der Waals surface area contributed by atoms with Gasteiger partial charge in [-0.3, -0.25) is 9.52 Å². The van der Waals surface area contributed by atoms with Gasteiger partial charge in [0.15, 0.2) is 0 Å². The van der Waals surface area contributed by atoms with Crippen LogP contribution in [0.4, 0.5) is 5.69 Å². The summed E-state index contributed by atoms with van der Waals surface area (Å²) >= 11 is 0. The molecule has 31 heavy (non-hydrogen) atoms. The minimum atomic E-state index is -3.80. The number of rotatable bonds is 4. The number of fused-ring (bicyclic) bond motifs is 1.